The van der Waals surface area contributed by atoms with Gasteiger partial charge in [-0.25, -0.2) is 9.45 Å². The number of hydroxylamine groups is 2. The average molecular weight is 224 g/mol. The first kappa shape index (κ1) is 11.0. The summed E-state index contributed by atoms with van der Waals surface area (Å²) in [6.07, 6.45) is 3.31. The van der Waals surface area contributed by atoms with Crippen LogP contribution in [0.5, 0.6) is 0 Å². The highest BCUT2D eigenvalue weighted by molar-refractivity contribution is 5.77. The van der Waals surface area contributed by atoms with Gasteiger partial charge in [0.05, 0.1) is 18.7 Å². The van der Waals surface area contributed by atoms with Crippen LogP contribution in [-0.2, 0) is 16.1 Å². The van der Waals surface area contributed by atoms with Gasteiger partial charge in [-0.3, -0.25) is 14.6 Å². The molecule has 1 amide bonds. The van der Waals surface area contributed by atoms with Crippen molar-refractivity contribution in [2.24, 2.45) is 0 Å². The topological polar surface area (TPSA) is 42.4 Å². The lowest BCUT2D eigenvalue weighted by Crippen LogP contribution is -2.37. The van der Waals surface area contributed by atoms with Gasteiger partial charge in [-0.05, 0) is 25.0 Å². The third-order valence-corrected chi connectivity index (χ3v) is 2.43. The van der Waals surface area contributed by atoms with E-state index in [4.69, 9.17) is 4.84 Å². The molecule has 0 bridgehead atoms. The fourth-order valence-electron chi connectivity index (χ4n) is 1.57. The van der Waals surface area contributed by atoms with Crippen molar-refractivity contribution in [3.8, 4) is 0 Å². The van der Waals surface area contributed by atoms with Crippen LogP contribution in [0.15, 0.2) is 18.3 Å². The van der Waals surface area contributed by atoms with Crippen LogP contribution in [0.25, 0.3) is 0 Å². The van der Waals surface area contributed by atoms with Gasteiger partial charge in [0, 0.05) is 12.7 Å². The van der Waals surface area contributed by atoms with Gasteiger partial charge in [0.25, 0.3) is 5.91 Å². The van der Waals surface area contributed by atoms with E-state index in [1.165, 1.54) is 23.4 Å². The molecular formula is C11H13FN2O2. The summed E-state index contributed by atoms with van der Waals surface area (Å²) in [5.41, 5.74) is 0.168. The summed E-state index contributed by atoms with van der Waals surface area (Å²) >= 11 is 0. The van der Waals surface area contributed by atoms with Crippen LogP contribution >= 0.6 is 0 Å². The first-order chi connectivity index (χ1) is 7.77. The molecule has 0 unspecified atom stereocenters. The molecule has 1 aliphatic heterocycles. The van der Waals surface area contributed by atoms with Gasteiger partial charge in [-0.15, -0.1) is 0 Å². The van der Waals surface area contributed by atoms with Crippen molar-refractivity contribution in [3.05, 3.63) is 29.8 Å². The van der Waals surface area contributed by atoms with E-state index in [0.717, 1.165) is 12.8 Å². The summed E-state index contributed by atoms with van der Waals surface area (Å²) in [4.78, 5) is 20.7. The SMILES string of the molecule is O=C(Cc1ncccc1F)N1CCCCO1. The summed E-state index contributed by atoms with van der Waals surface area (Å²) in [7, 11) is 0. The minimum absolute atomic E-state index is 0.0489. The Hall–Kier alpha value is -1.49. The lowest BCUT2D eigenvalue weighted by atomic mass is 10.2. The summed E-state index contributed by atoms with van der Waals surface area (Å²) in [5, 5.41) is 1.30. The lowest BCUT2D eigenvalue weighted by Gasteiger charge is -2.25. The Balaban J connectivity index is 1.99. The molecule has 86 valence electrons. The highest BCUT2D eigenvalue weighted by Gasteiger charge is 2.19. The maximum atomic E-state index is 13.2. The fourth-order valence-corrected chi connectivity index (χ4v) is 1.57. The van der Waals surface area contributed by atoms with E-state index in [9.17, 15) is 9.18 Å². The number of nitrogens with zero attached hydrogens (tertiary/aromatic N) is 2. The summed E-state index contributed by atoms with van der Waals surface area (Å²) in [6.45, 7) is 1.13. The van der Waals surface area contributed by atoms with Crippen LogP contribution in [0.3, 0.4) is 0 Å². The predicted octanol–water partition coefficient (Wildman–Crippen LogP) is 1.32. The Kier molecular flexibility index (Phi) is 3.46. The monoisotopic (exact) mass is 224 g/mol. The Morgan fingerprint density at radius 3 is 3.12 bits per heavy atom. The van der Waals surface area contributed by atoms with E-state index in [0.29, 0.717) is 13.2 Å². The molecule has 0 N–H and O–H groups in total. The van der Waals surface area contributed by atoms with Gasteiger partial charge in [0.1, 0.15) is 5.82 Å². The van der Waals surface area contributed by atoms with E-state index in [1.807, 2.05) is 0 Å². The Morgan fingerprint density at radius 1 is 1.56 bits per heavy atom. The third kappa shape index (κ3) is 2.55. The van der Waals surface area contributed by atoms with Gasteiger partial charge in [0.15, 0.2) is 0 Å². The highest BCUT2D eigenvalue weighted by atomic mass is 19.1. The largest absolute Gasteiger partial charge is 0.272 e. The second-order valence-electron chi connectivity index (χ2n) is 3.64. The van der Waals surface area contributed by atoms with Crippen LogP contribution in [0.4, 0.5) is 4.39 Å². The molecule has 5 heteroatoms. The maximum absolute atomic E-state index is 13.2. The molecule has 1 fully saturated rings. The molecule has 0 aliphatic carbocycles. The summed E-state index contributed by atoms with van der Waals surface area (Å²) < 4.78 is 13.2. The van der Waals surface area contributed by atoms with Crippen molar-refractivity contribution in [1.29, 1.82) is 0 Å². The molecule has 2 heterocycles. The van der Waals surface area contributed by atoms with E-state index < -0.39 is 5.82 Å². The van der Waals surface area contributed by atoms with Crippen molar-refractivity contribution in [2.75, 3.05) is 13.2 Å². The maximum Gasteiger partial charge on any atom is 0.252 e. The first-order valence-electron chi connectivity index (χ1n) is 5.30. The normalized spacial score (nSPS) is 16.2. The smallest absolute Gasteiger partial charge is 0.252 e. The zero-order chi connectivity index (χ0) is 11.4. The number of hydrogen-bond donors (Lipinski definition) is 0. The van der Waals surface area contributed by atoms with E-state index in [1.54, 1.807) is 0 Å². The number of hydrogen-bond acceptors (Lipinski definition) is 3. The van der Waals surface area contributed by atoms with Crippen molar-refractivity contribution in [2.45, 2.75) is 19.3 Å². The molecular weight excluding hydrogens is 211 g/mol. The third-order valence-electron chi connectivity index (χ3n) is 2.43. The second kappa shape index (κ2) is 5.03. The summed E-state index contributed by atoms with van der Waals surface area (Å²) in [5.74, 6) is -0.690. The van der Waals surface area contributed by atoms with Crippen LogP contribution < -0.4 is 0 Å². The van der Waals surface area contributed by atoms with Crippen LogP contribution in [-0.4, -0.2) is 29.1 Å². The van der Waals surface area contributed by atoms with Gasteiger partial charge in [-0.2, -0.15) is 0 Å². The molecule has 0 aromatic carbocycles. The molecule has 1 aliphatic rings. The molecule has 4 nitrogen and oxygen atoms in total. The zero-order valence-electron chi connectivity index (χ0n) is 8.86. The number of pyridine rings is 1. The van der Waals surface area contributed by atoms with Gasteiger partial charge < -0.3 is 0 Å². The van der Waals surface area contributed by atoms with E-state index in [-0.39, 0.29) is 18.0 Å². The van der Waals surface area contributed by atoms with Crippen LogP contribution in [0.2, 0.25) is 0 Å². The minimum Gasteiger partial charge on any atom is -0.272 e. The first-order valence-corrected chi connectivity index (χ1v) is 5.30. The number of halogens is 1. The predicted molar refractivity (Wildman–Crippen MR) is 54.8 cm³/mol. The van der Waals surface area contributed by atoms with Crippen molar-refractivity contribution >= 4 is 5.91 Å². The quantitative estimate of drug-likeness (QED) is 0.760. The molecule has 1 aromatic rings. The number of carbonyl (C=O) groups excluding carboxylic acids is 1. The molecule has 16 heavy (non-hydrogen) atoms. The second-order valence-corrected chi connectivity index (χ2v) is 3.64. The van der Waals surface area contributed by atoms with Gasteiger partial charge >= 0.3 is 0 Å². The molecule has 0 spiro atoms. The lowest BCUT2D eigenvalue weighted by molar-refractivity contribution is -0.196. The molecule has 2 rings (SSSR count). The number of amides is 1. The zero-order valence-corrected chi connectivity index (χ0v) is 8.86. The average Bonchev–Trinajstić information content (AvgIpc) is 2.33. The van der Waals surface area contributed by atoms with Crippen LogP contribution in [0, 0.1) is 5.82 Å². The number of rotatable bonds is 2. The van der Waals surface area contributed by atoms with Crippen molar-refractivity contribution in [3.63, 3.8) is 0 Å². The van der Waals surface area contributed by atoms with Crippen molar-refractivity contribution in [1.82, 2.24) is 10.0 Å². The number of carbonyl (C=O) groups is 1. The number of aromatic nitrogens is 1. The highest BCUT2D eigenvalue weighted by Crippen LogP contribution is 2.10. The molecule has 1 aromatic heterocycles. The summed E-state index contributed by atoms with van der Waals surface area (Å²) in [6, 6.07) is 2.80. The fraction of sp³-hybridized carbons (Fsp3) is 0.455. The van der Waals surface area contributed by atoms with Gasteiger partial charge in [0.2, 0.25) is 0 Å². The Labute approximate surface area is 93.0 Å². The van der Waals surface area contributed by atoms with E-state index >= 15 is 0 Å². The Bertz CT molecular complexity index is 378. The van der Waals surface area contributed by atoms with E-state index in [2.05, 4.69) is 4.98 Å². The molecule has 1 saturated heterocycles. The molecule has 0 saturated carbocycles. The standard InChI is InChI=1S/C11H13FN2O2/c12-9-4-3-5-13-10(9)8-11(15)14-6-1-2-7-16-14/h3-5H,1-2,6-8H2. The van der Waals surface area contributed by atoms with Crippen molar-refractivity contribution < 1.29 is 14.0 Å². The minimum atomic E-state index is -0.451. The molecule has 0 atom stereocenters. The van der Waals surface area contributed by atoms with Crippen LogP contribution in [0.1, 0.15) is 18.5 Å². The molecule has 0 radical (unpaired) electrons. The Morgan fingerprint density at radius 2 is 2.44 bits per heavy atom. The van der Waals surface area contributed by atoms with Gasteiger partial charge in [-0.1, -0.05) is 0 Å².